The second kappa shape index (κ2) is 18.1. The number of benzene rings is 3. The summed E-state index contributed by atoms with van der Waals surface area (Å²) < 4.78 is 42.5. The molecular formula is C51H60N6O8S2. The van der Waals surface area contributed by atoms with Crippen molar-refractivity contribution in [2.45, 2.75) is 130 Å². The Morgan fingerprint density at radius 2 is 1.82 bits per heavy atom. The summed E-state index contributed by atoms with van der Waals surface area (Å²) in [6.07, 6.45) is 14.1. The second-order valence-electron chi connectivity index (χ2n) is 20.3. The molecule has 2 aromatic heterocycles. The highest BCUT2D eigenvalue weighted by molar-refractivity contribution is 8.00. The molecule has 2 atom stereocenters. The molecule has 5 aliphatic rings. The number of carbonyl (C=O) groups is 1. The number of carbonyl (C=O) groups excluding carboxylic acids is 1. The first-order valence-corrected chi connectivity index (χ1v) is 26.2. The Hall–Kier alpha value is -5.16. The molecule has 14 nitrogen and oxygen atoms in total. The molecule has 0 radical (unpaired) electrons. The number of sulfonamides is 1. The number of nitro benzene ring substituents is 1. The topological polar surface area (TPSA) is 180 Å². The summed E-state index contributed by atoms with van der Waals surface area (Å²) in [5, 5.41) is 23.6. The van der Waals surface area contributed by atoms with Crippen molar-refractivity contribution in [1.29, 1.82) is 0 Å². The average Bonchev–Trinajstić information content (AvgIpc) is 3.98. The minimum atomic E-state index is -4.63. The Balaban J connectivity index is 0.845. The Bertz CT molecular complexity index is 2790. The molecule has 4 fully saturated rings. The van der Waals surface area contributed by atoms with Gasteiger partial charge in [0.05, 0.1) is 27.2 Å². The molecule has 1 unspecified atom stereocenters. The number of hydrogen-bond acceptors (Lipinski definition) is 12. The number of amides is 1. The molecule has 5 aromatic rings. The highest BCUT2D eigenvalue weighted by Crippen LogP contribution is 2.55. The largest absolute Gasteiger partial charge is 0.491 e. The lowest BCUT2D eigenvalue weighted by atomic mass is 9.59. The lowest BCUT2D eigenvalue weighted by Crippen LogP contribution is -2.54. The van der Waals surface area contributed by atoms with E-state index < -0.39 is 37.0 Å². The molecule has 5 heterocycles. The van der Waals surface area contributed by atoms with Crippen molar-refractivity contribution in [2.24, 2.45) is 11.3 Å². The molecular weight excluding hydrogens is 889 g/mol. The number of pyridine rings is 1. The van der Waals surface area contributed by atoms with Crippen LogP contribution in [0.3, 0.4) is 0 Å². The van der Waals surface area contributed by atoms with Gasteiger partial charge in [-0.3, -0.25) is 19.8 Å². The first kappa shape index (κ1) is 45.6. The van der Waals surface area contributed by atoms with Crippen molar-refractivity contribution in [3.8, 4) is 17.2 Å². The van der Waals surface area contributed by atoms with Gasteiger partial charge >= 0.3 is 0 Å². The highest BCUT2D eigenvalue weighted by Gasteiger charge is 2.50. The highest BCUT2D eigenvalue weighted by atomic mass is 32.2. The maximum absolute atomic E-state index is 14.1. The van der Waals surface area contributed by atoms with Crippen molar-refractivity contribution in [2.75, 3.05) is 31.1 Å². The van der Waals surface area contributed by atoms with Crippen LogP contribution in [0.1, 0.15) is 125 Å². The van der Waals surface area contributed by atoms with Crippen molar-refractivity contribution >= 4 is 50.1 Å². The molecule has 67 heavy (non-hydrogen) atoms. The number of aromatic amines is 1. The molecule has 1 spiro atoms. The zero-order chi connectivity index (χ0) is 46.7. The maximum Gasteiger partial charge on any atom is 0.288 e. The van der Waals surface area contributed by atoms with E-state index in [9.17, 15) is 28.4 Å². The van der Waals surface area contributed by atoms with Gasteiger partial charge in [-0.05, 0) is 137 Å². The van der Waals surface area contributed by atoms with Gasteiger partial charge in [0.25, 0.3) is 21.6 Å². The maximum atomic E-state index is 14.1. The molecule has 0 bridgehead atoms. The lowest BCUT2D eigenvalue weighted by molar-refractivity contribution is -0.388. The van der Waals surface area contributed by atoms with Crippen LogP contribution in [0.15, 0.2) is 88.9 Å². The number of rotatable bonds is 12. The Morgan fingerprint density at radius 1 is 1.04 bits per heavy atom. The third kappa shape index (κ3) is 9.38. The van der Waals surface area contributed by atoms with E-state index in [2.05, 4.69) is 62.6 Å². The average molecular weight is 949 g/mol. The van der Waals surface area contributed by atoms with E-state index in [1.54, 1.807) is 30.6 Å². The predicted molar refractivity (Wildman–Crippen MR) is 259 cm³/mol. The van der Waals surface area contributed by atoms with Gasteiger partial charge in [0.1, 0.15) is 34.4 Å². The molecule has 354 valence electrons. The molecule has 2 saturated carbocycles. The number of likely N-dealkylation sites (tertiary alicyclic amines) is 1. The monoisotopic (exact) mass is 948 g/mol. The van der Waals surface area contributed by atoms with Gasteiger partial charge in [-0.2, -0.15) is 0 Å². The van der Waals surface area contributed by atoms with Crippen LogP contribution in [0.4, 0.5) is 11.4 Å². The van der Waals surface area contributed by atoms with Crippen molar-refractivity contribution < 1.29 is 32.7 Å². The van der Waals surface area contributed by atoms with E-state index in [0.717, 1.165) is 68.9 Å². The van der Waals surface area contributed by atoms with E-state index in [4.69, 9.17) is 9.47 Å². The van der Waals surface area contributed by atoms with E-state index in [1.165, 1.54) is 54.6 Å². The number of aromatic nitrogens is 2. The van der Waals surface area contributed by atoms with Gasteiger partial charge < -0.3 is 24.5 Å². The fourth-order valence-electron chi connectivity index (χ4n) is 11.5. The number of nitrogens with one attached hydrogen (secondary N) is 2. The fraction of sp³-hybridized carbons (Fsp3) is 0.490. The summed E-state index contributed by atoms with van der Waals surface area (Å²) in [5.74, 6) is 0.497. The predicted octanol–water partition coefficient (Wildman–Crippen LogP) is 10.3. The van der Waals surface area contributed by atoms with E-state index in [0.29, 0.717) is 53.6 Å². The normalized spacial score (nSPS) is 24.3. The first-order valence-electron chi connectivity index (χ1n) is 23.9. The minimum absolute atomic E-state index is 0.0256. The van der Waals surface area contributed by atoms with Crippen LogP contribution in [0, 0.1) is 21.4 Å². The molecule has 3 aromatic carbocycles. The number of aliphatic hydroxyl groups is 1. The third-order valence-corrected chi connectivity index (χ3v) is 17.9. The molecule has 3 N–H and O–H groups in total. The fourth-order valence-corrected chi connectivity index (χ4v) is 13.9. The smallest absolute Gasteiger partial charge is 0.288 e. The Kier molecular flexibility index (Phi) is 12.3. The number of ether oxygens (including phenoxy) is 2. The zero-order valence-electron chi connectivity index (χ0n) is 38.4. The van der Waals surface area contributed by atoms with Gasteiger partial charge in [-0.25, -0.2) is 18.1 Å². The van der Waals surface area contributed by atoms with Gasteiger partial charge in [0, 0.05) is 65.9 Å². The number of thioether (sulfide) groups is 1. The van der Waals surface area contributed by atoms with Gasteiger partial charge in [-0.15, -0.1) is 11.8 Å². The van der Waals surface area contributed by atoms with Crippen molar-refractivity contribution in [1.82, 2.24) is 19.6 Å². The number of hydrogen-bond donors (Lipinski definition) is 3. The van der Waals surface area contributed by atoms with Crippen LogP contribution in [0.2, 0.25) is 0 Å². The number of fused-ring (bicyclic) bond motifs is 2. The van der Waals surface area contributed by atoms with E-state index in [1.807, 2.05) is 19.1 Å². The van der Waals surface area contributed by atoms with Crippen LogP contribution in [-0.4, -0.2) is 82.4 Å². The van der Waals surface area contributed by atoms with Crippen molar-refractivity contribution in [3.63, 3.8) is 0 Å². The zero-order valence-corrected chi connectivity index (χ0v) is 40.0. The van der Waals surface area contributed by atoms with Gasteiger partial charge in [-0.1, -0.05) is 38.1 Å². The van der Waals surface area contributed by atoms with Gasteiger partial charge in [0.2, 0.25) is 0 Å². The summed E-state index contributed by atoms with van der Waals surface area (Å²) in [4.78, 5) is 38.4. The number of nitro groups is 1. The Morgan fingerprint density at radius 3 is 2.58 bits per heavy atom. The molecule has 2 saturated heterocycles. The van der Waals surface area contributed by atoms with Crippen molar-refractivity contribution in [3.05, 3.63) is 106 Å². The van der Waals surface area contributed by atoms with Crippen LogP contribution < -0.4 is 19.1 Å². The molecule has 2 aliphatic carbocycles. The third-order valence-electron chi connectivity index (χ3n) is 15.3. The molecule has 1 amide bonds. The lowest BCUT2D eigenvalue weighted by Gasteiger charge is -2.56. The molecule has 3 aliphatic heterocycles. The SMILES string of the molecule is CC(C)c1ccccc1[C@H]1CCCN1C1CC2(CCN(c3ccc(C(=O)NS(=O)(=O)c4cc5c(c([N+](=O)[O-])c4)SC(CC4CCC(C)(O)CC4)CO5)c(Oc4cnc5[nH]ccc5c4)c3)CC2)C1. The summed E-state index contributed by atoms with van der Waals surface area (Å²) in [6.45, 7) is 9.50. The summed E-state index contributed by atoms with van der Waals surface area (Å²) >= 11 is 1.32. The number of nitrogens with zero attached hydrogens (tertiary/aromatic N) is 4. The summed E-state index contributed by atoms with van der Waals surface area (Å²) in [5.41, 5.74) is 3.69. The quantitative estimate of drug-likeness (QED) is 0.0797. The van der Waals surface area contributed by atoms with Crippen LogP contribution in [-0.2, 0) is 10.0 Å². The number of H-pyrrole nitrogens is 1. The van der Waals surface area contributed by atoms with Crippen LogP contribution in [0.25, 0.3) is 11.0 Å². The number of piperidine rings is 1. The standard InChI is InChI=1S/C51H60N6O8S2/c1-32(2)40-7-4-5-8-41(40)43-9-6-20-56(43)36-28-51(29-36)17-21-55(22-18-51)35-10-11-42(45(25-35)65-37-24-34-14-19-52-48(34)53-30-37)49(58)54-67(62,63)39-26-44(57(60)61)47-46(27-39)64-31-38(66-47)23-33-12-15-50(3,59)16-13-33/h4-5,7-8,10-11,14,19,24-27,30,32-33,36,38,43,59H,6,9,12-13,15-18,20-23,28-29,31H2,1-3H3,(H,52,53)(H,54,58)/t33?,38?,43-,50?/m1/s1. The van der Waals surface area contributed by atoms with Gasteiger partial charge in [0.15, 0.2) is 0 Å². The minimum Gasteiger partial charge on any atom is -0.491 e. The first-order chi connectivity index (χ1) is 32.1. The van der Waals surface area contributed by atoms with Crippen LogP contribution >= 0.6 is 11.8 Å². The second-order valence-corrected chi connectivity index (χ2v) is 23.3. The van der Waals surface area contributed by atoms with E-state index >= 15 is 0 Å². The summed E-state index contributed by atoms with van der Waals surface area (Å²) in [7, 11) is -4.63. The van der Waals surface area contributed by atoms with Crippen LogP contribution in [0.5, 0.6) is 17.2 Å². The number of anilines is 1. The summed E-state index contributed by atoms with van der Waals surface area (Å²) in [6, 6.07) is 21.1. The molecule has 10 rings (SSSR count). The van der Waals surface area contributed by atoms with E-state index in [-0.39, 0.29) is 33.8 Å². The Labute approximate surface area is 396 Å². The molecule has 16 heteroatoms.